The molecule has 242 valence electrons. The Morgan fingerprint density at radius 1 is 0.929 bits per heavy atom. The van der Waals surface area contributed by atoms with Gasteiger partial charge in [-0.3, -0.25) is 0 Å². The second kappa shape index (κ2) is 25.1. The van der Waals surface area contributed by atoms with Gasteiger partial charge in [0, 0.05) is 23.4 Å². The highest BCUT2D eigenvalue weighted by Gasteiger charge is 2.25. The number of rotatable bonds is 6. The van der Waals surface area contributed by atoms with E-state index < -0.39 is 6.68 Å². The Hall–Kier alpha value is -2.41. The van der Waals surface area contributed by atoms with E-state index in [1.54, 1.807) is 6.20 Å². The zero-order valence-corrected chi connectivity index (χ0v) is 29.7. The summed E-state index contributed by atoms with van der Waals surface area (Å²) in [6.07, 6.45) is 2.59. The van der Waals surface area contributed by atoms with E-state index in [9.17, 15) is 13.2 Å². The number of alkyl halides is 3. The molecule has 0 saturated carbocycles. The van der Waals surface area contributed by atoms with Gasteiger partial charge in [0.25, 0.3) is 0 Å². The number of benzene rings is 2. The molecule has 0 saturated heterocycles. The molecule has 1 unspecified atom stereocenters. The van der Waals surface area contributed by atoms with Crippen LogP contribution >= 0.6 is 11.8 Å². The Bertz CT molecular complexity index is 972. The van der Waals surface area contributed by atoms with E-state index in [2.05, 4.69) is 103 Å². The van der Waals surface area contributed by atoms with Gasteiger partial charge in [-0.25, -0.2) is 0 Å². The molecule has 1 N–H and O–H groups in total. The monoisotopic (exact) mass is 612 g/mol. The van der Waals surface area contributed by atoms with Crippen molar-refractivity contribution in [3.63, 3.8) is 0 Å². The third-order valence-electron chi connectivity index (χ3n) is 5.14. The molecule has 1 heterocycles. The molecular formula is C35H59F3N2OS. The fourth-order valence-corrected chi connectivity index (χ4v) is 4.65. The molecule has 0 aliphatic carbocycles. The van der Waals surface area contributed by atoms with Crippen LogP contribution in [0.25, 0.3) is 0 Å². The van der Waals surface area contributed by atoms with E-state index in [1.165, 1.54) is 38.3 Å². The van der Waals surface area contributed by atoms with Gasteiger partial charge < -0.3 is 10.2 Å². The predicted octanol–water partition coefficient (Wildman–Crippen LogP) is 11.9. The minimum absolute atomic E-state index is 0.0314. The van der Waals surface area contributed by atoms with Gasteiger partial charge in [0.2, 0.25) is 0 Å². The summed E-state index contributed by atoms with van der Waals surface area (Å²) in [7, 11) is 0. The van der Waals surface area contributed by atoms with Gasteiger partial charge in [0.05, 0.1) is 5.71 Å². The average Bonchev–Trinajstić information content (AvgIpc) is 3.43. The van der Waals surface area contributed by atoms with Crippen LogP contribution in [0.1, 0.15) is 115 Å². The van der Waals surface area contributed by atoms with Crippen LogP contribution in [0.4, 0.5) is 13.2 Å². The normalized spacial score (nSPS) is 13.0. The van der Waals surface area contributed by atoms with Crippen molar-refractivity contribution in [2.45, 2.75) is 121 Å². The lowest BCUT2D eigenvalue weighted by Gasteiger charge is -2.16. The van der Waals surface area contributed by atoms with E-state index >= 15 is 0 Å². The Balaban J connectivity index is -0.000000704. The molecule has 0 spiro atoms. The number of aryl methyl sites for hydroxylation is 4. The largest absolute Gasteiger partial charge is 0.391 e. The van der Waals surface area contributed by atoms with Gasteiger partial charge in [-0.15, -0.1) is 11.8 Å². The number of hydrogen-bond donors (Lipinski definition) is 1. The molecule has 1 aliphatic heterocycles. The minimum Gasteiger partial charge on any atom is -0.391 e. The lowest BCUT2D eigenvalue weighted by molar-refractivity contribution is 0.00819. The number of oxime groups is 1. The zero-order chi connectivity index (χ0) is 33.5. The summed E-state index contributed by atoms with van der Waals surface area (Å²) < 4.78 is 29.0. The molecule has 0 amide bonds. The van der Waals surface area contributed by atoms with Crippen LogP contribution < -0.4 is 5.32 Å². The molecule has 2 aromatic rings. The van der Waals surface area contributed by atoms with E-state index in [0.717, 1.165) is 24.4 Å². The molecule has 0 bridgehead atoms. The molecule has 1 atom stereocenters. The maximum absolute atomic E-state index is 9.67. The van der Waals surface area contributed by atoms with Crippen molar-refractivity contribution in [2.24, 2.45) is 10.6 Å². The Morgan fingerprint density at radius 3 is 1.74 bits per heavy atom. The Labute approximate surface area is 260 Å². The molecule has 42 heavy (non-hydrogen) atoms. The highest BCUT2D eigenvalue weighted by Crippen LogP contribution is 2.33. The first-order valence-electron chi connectivity index (χ1n) is 15.1. The van der Waals surface area contributed by atoms with Crippen LogP contribution in [0.5, 0.6) is 0 Å². The van der Waals surface area contributed by atoms with Crippen LogP contribution in [0.2, 0.25) is 0 Å². The van der Waals surface area contributed by atoms with Crippen molar-refractivity contribution < 1.29 is 18.0 Å². The first kappa shape index (κ1) is 44.0. The van der Waals surface area contributed by atoms with E-state index in [1.807, 2.05) is 53.3 Å². The molecule has 0 radical (unpaired) electrons. The quantitative estimate of drug-likeness (QED) is 0.330. The van der Waals surface area contributed by atoms with Crippen LogP contribution in [0, 0.1) is 33.1 Å². The molecule has 3 nitrogen and oxygen atoms in total. The third kappa shape index (κ3) is 19.7. The summed E-state index contributed by atoms with van der Waals surface area (Å²) in [5.41, 5.74) is 9.04. The molecule has 1 aliphatic rings. The van der Waals surface area contributed by atoms with E-state index in [-0.39, 0.29) is 6.10 Å². The first-order chi connectivity index (χ1) is 19.8. The molecule has 0 fully saturated rings. The van der Waals surface area contributed by atoms with Crippen molar-refractivity contribution >= 4 is 17.5 Å². The topological polar surface area (TPSA) is 33.6 Å². The van der Waals surface area contributed by atoms with Crippen LogP contribution in [-0.2, 0) is 4.84 Å². The van der Waals surface area contributed by atoms with Gasteiger partial charge >= 0.3 is 6.68 Å². The summed E-state index contributed by atoms with van der Waals surface area (Å²) in [4.78, 5) is 7.15. The Kier molecular flexibility index (Phi) is 26.3. The van der Waals surface area contributed by atoms with Crippen molar-refractivity contribution in [3.05, 3.63) is 76.5 Å². The highest BCUT2D eigenvalue weighted by atomic mass is 32.2. The first-order valence-corrected chi connectivity index (χ1v) is 16.1. The molecule has 3 rings (SSSR count). The SMILES string of the molecule is C=CNCC(C)(C)C.CC.CC.CC.CCSc1c(C)cc(C2=NOC(c3cc(C)cc(C)c3)C2)cc1C.FC(F)F. The summed E-state index contributed by atoms with van der Waals surface area (Å²) in [6, 6.07) is 11.1. The number of halogens is 3. The van der Waals surface area contributed by atoms with E-state index in [4.69, 9.17) is 4.84 Å². The number of hydrogen-bond acceptors (Lipinski definition) is 4. The predicted molar refractivity (Wildman–Crippen MR) is 182 cm³/mol. The highest BCUT2D eigenvalue weighted by molar-refractivity contribution is 7.99. The number of nitrogens with zero attached hydrogens (tertiary/aromatic N) is 1. The van der Waals surface area contributed by atoms with Crippen LogP contribution in [-0.4, -0.2) is 24.7 Å². The molecular weight excluding hydrogens is 553 g/mol. The van der Waals surface area contributed by atoms with E-state index in [0.29, 0.717) is 5.41 Å². The van der Waals surface area contributed by atoms with Crippen molar-refractivity contribution in [1.82, 2.24) is 5.32 Å². The lowest BCUT2D eigenvalue weighted by atomic mass is 9.96. The zero-order valence-electron chi connectivity index (χ0n) is 28.8. The average molecular weight is 613 g/mol. The smallest absolute Gasteiger partial charge is 0.379 e. The van der Waals surface area contributed by atoms with Crippen molar-refractivity contribution in [1.29, 1.82) is 0 Å². The summed E-state index contributed by atoms with van der Waals surface area (Å²) >= 11 is 1.91. The maximum Gasteiger partial charge on any atom is 0.379 e. The Morgan fingerprint density at radius 2 is 1.38 bits per heavy atom. The summed E-state index contributed by atoms with van der Waals surface area (Å²) in [5.74, 6) is 1.10. The molecule has 2 aromatic carbocycles. The third-order valence-corrected chi connectivity index (χ3v) is 6.36. The van der Waals surface area contributed by atoms with Crippen molar-refractivity contribution in [3.8, 4) is 0 Å². The van der Waals surface area contributed by atoms with Gasteiger partial charge in [0.15, 0.2) is 6.10 Å². The fraction of sp³-hybridized carbons (Fsp3) is 0.571. The van der Waals surface area contributed by atoms with Crippen molar-refractivity contribution in [2.75, 3.05) is 12.3 Å². The second-order valence-corrected chi connectivity index (χ2v) is 11.3. The number of thioether (sulfide) groups is 1. The molecule has 7 heteroatoms. The summed E-state index contributed by atoms with van der Waals surface area (Å²) in [5, 5.41) is 7.44. The van der Waals surface area contributed by atoms with Gasteiger partial charge in [-0.1, -0.05) is 110 Å². The van der Waals surface area contributed by atoms with Crippen LogP contribution in [0.3, 0.4) is 0 Å². The van der Waals surface area contributed by atoms with Gasteiger partial charge in [-0.2, -0.15) is 13.2 Å². The molecule has 0 aromatic heterocycles. The summed E-state index contributed by atoms with van der Waals surface area (Å²) in [6.45, 7) is 30.3. The number of nitrogens with one attached hydrogen (secondary N) is 1. The minimum atomic E-state index is -3.67. The maximum atomic E-state index is 9.67. The van der Waals surface area contributed by atoms with Gasteiger partial charge in [0.1, 0.15) is 0 Å². The standard InChI is InChI=1S/C21H25NOS.C7H15N.3C2H6.CHF3/c1-6-24-21-15(4)10-17(11-16(21)5)19-12-20(23-22-19)18-8-13(2)7-14(3)9-18;1-5-8-6-7(2,3)4;3*1-2;2-1(3)4/h7-11,20H,6,12H2,1-5H3;5,8H,1,6H2,2-4H3;3*1-2H3;1H. The lowest BCUT2D eigenvalue weighted by Crippen LogP contribution is -2.22. The second-order valence-electron chi connectivity index (χ2n) is 10.0. The fourth-order valence-electron chi connectivity index (χ4n) is 3.79. The van der Waals surface area contributed by atoms with Gasteiger partial charge in [-0.05, 0) is 73.9 Å². The van der Waals surface area contributed by atoms with Crippen LogP contribution in [0.15, 0.2) is 53.2 Å².